The molecule has 1 saturated heterocycles. The maximum Gasteiger partial charge on any atom is 0.243 e. The number of hydrogen-bond donors (Lipinski definition) is 1. The first kappa shape index (κ1) is 23.0. The van der Waals surface area contributed by atoms with Crippen LogP contribution in [0.4, 0.5) is 0 Å². The van der Waals surface area contributed by atoms with Crippen molar-refractivity contribution in [3.63, 3.8) is 0 Å². The van der Waals surface area contributed by atoms with Crippen LogP contribution in [-0.4, -0.2) is 31.7 Å². The van der Waals surface area contributed by atoms with Crippen LogP contribution in [0, 0.1) is 23.2 Å². The van der Waals surface area contributed by atoms with E-state index in [9.17, 15) is 13.2 Å². The number of amides is 1. The van der Waals surface area contributed by atoms with E-state index in [1.807, 2.05) is 36.4 Å². The molecule has 0 unspecified atom stereocenters. The number of nitrogens with one attached hydrogen (secondary N) is 1. The molecule has 0 saturated carbocycles. The van der Waals surface area contributed by atoms with E-state index in [1.54, 1.807) is 0 Å². The molecule has 1 heterocycles. The summed E-state index contributed by atoms with van der Waals surface area (Å²) in [6.07, 6.45) is 1.83. The first-order valence-corrected chi connectivity index (χ1v) is 12.1. The van der Waals surface area contributed by atoms with E-state index in [0.29, 0.717) is 37.4 Å². The summed E-state index contributed by atoms with van der Waals surface area (Å²) in [6, 6.07) is 17.8. The van der Waals surface area contributed by atoms with Crippen LogP contribution >= 0.6 is 0 Å². The molecule has 31 heavy (non-hydrogen) atoms. The molecule has 2 aromatic rings. The van der Waals surface area contributed by atoms with Crippen LogP contribution < -0.4 is 5.32 Å². The summed E-state index contributed by atoms with van der Waals surface area (Å²) in [7, 11) is -3.63. The third kappa shape index (κ3) is 5.72. The third-order valence-electron chi connectivity index (χ3n) is 5.67. The van der Waals surface area contributed by atoms with Gasteiger partial charge < -0.3 is 5.32 Å². The van der Waals surface area contributed by atoms with Gasteiger partial charge >= 0.3 is 0 Å². The van der Waals surface area contributed by atoms with Crippen molar-refractivity contribution in [1.82, 2.24) is 9.62 Å². The van der Waals surface area contributed by atoms with Gasteiger partial charge in [-0.05, 0) is 55.0 Å². The van der Waals surface area contributed by atoms with Gasteiger partial charge in [0.2, 0.25) is 15.9 Å². The minimum atomic E-state index is -3.63. The second-order valence-corrected chi connectivity index (χ2v) is 10.4. The van der Waals surface area contributed by atoms with Crippen molar-refractivity contribution in [1.29, 1.82) is 5.26 Å². The van der Waals surface area contributed by atoms with Crippen LogP contribution in [0.25, 0.3) is 0 Å². The molecule has 0 spiro atoms. The smallest absolute Gasteiger partial charge is 0.243 e. The van der Waals surface area contributed by atoms with Gasteiger partial charge in [0.05, 0.1) is 22.6 Å². The van der Waals surface area contributed by atoms with Crippen LogP contribution in [0.5, 0.6) is 0 Å². The number of carbonyl (C=O) groups is 1. The van der Waals surface area contributed by atoms with Crippen molar-refractivity contribution in [2.45, 2.75) is 44.0 Å². The lowest BCUT2D eigenvalue weighted by atomic mass is 9.93. The van der Waals surface area contributed by atoms with Crippen LogP contribution in [0.15, 0.2) is 59.5 Å². The van der Waals surface area contributed by atoms with Crippen molar-refractivity contribution in [2.75, 3.05) is 13.1 Å². The minimum absolute atomic E-state index is 0.00933. The molecule has 1 aliphatic heterocycles. The maximum atomic E-state index is 13.0. The Hall–Kier alpha value is -2.69. The summed E-state index contributed by atoms with van der Waals surface area (Å²) in [5.74, 6) is 0.223. The zero-order valence-corrected chi connectivity index (χ0v) is 18.8. The zero-order valence-electron chi connectivity index (χ0n) is 18.0. The fourth-order valence-electron chi connectivity index (χ4n) is 3.93. The van der Waals surface area contributed by atoms with Crippen molar-refractivity contribution >= 4 is 15.9 Å². The van der Waals surface area contributed by atoms with E-state index in [-0.39, 0.29) is 22.8 Å². The van der Waals surface area contributed by atoms with Gasteiger partial charge in [-0.2, -0.15) is 9.57 Å². The van der Waals surface area contributed by atoms with Gasteiger partial charge in [-0.15, -0.1) is 0 Å². The summed E-state index contributed by atoms with van der Waals surface area (Å²) in [5.41, 5.74) is 1.51. The second-order valence-electron chi connectivity index (χ2n) is 8.42. The van der Waals surface area contributed by atoms with Crippen LogP contribution in [0.1, 0.15) is 50.3 Å². The number of carbonyl (C=O) groups excluding carboxylic acids is 1. The molecule has 1 aliphatic rings. The van der Waals surface area contributed by atoms with E-state index in [0.717, 1.165) is 12.0 Å². The van der Waals surface area contributed by atoms with Crippen molar-refractivity contribution < 1.29 is 13.2 Å². The Labute approximate surface area is 184 Å². The van der Waals surface area contributed by atoms with Gasteiger partial charge in [-0.3, -0.25) is 4.79 Å². The van der Waals surface area contributed by atoms with Gasteiger partial charge in [0, 0.05) is 19.0 Å². The Kier molecular flexibility index (Phi) is 7.47. The summed E-state index contributed by atoms with van der Waals surface area (Å²) < 4.78 is 27.2. The Morgan fingerprint density at radius 1 is 1.10 bits per heavy atom. The molecule has 0 aliphatic carbocycles. The Bertz CT molecular complexity index is 1020. The average Bonchev–Trinajstić information content (AvgIpc) is 2.79. The lowest BCUT2D eigenvalue weighted by Crippen LogP contribution is -2.43. The second kappa shape index (κ2) is 10.1. The molecular weight excluding hydrogens is 410 g/mol. The minimum Gasteiger partial charge on any atom is -0.349 e. The van der Waals surface area contributed by atoms with Crippen molar-refractivity contribution in [2.24, 2.45) is 11.8 Å². The molecule has 164 valence electrons. The Balaban J connectivity index is 1.62. The predicted octanol–water partition coefficient (Wildman–Crippen LogP) is 3.86. The van der Waals surface area contributed by atoms with Gasteiger partial charge in [0.25, 0.3) is 0 Å². The molecule has 2 aromatic carbocycles. The molecular formula is C24H29N3O3S. The van der Waals surface area contributed by atoms with Gasteiger partial charge in [0.1, 0.15) is 0 Å². The van der Waals surface area contributed by atoms with E-state index in [4.69, 9.17) is 5.26 Å². The number of nitriles is 1. The molecule has 0 radical (unpaired) electrons. The number of sulfonamides is 1. The van der Waals surface area contributed by atoms with Crippen LogP contribution in [-0.2, 0) is 14.8 Å². The normalized spacial score (nSPS) is 16.6. The number of benzene rings is 2. The summed E-state index contributed by atoms with van der Waals surface area (Å²) in [6.45, 7) is 4.88. The number of nitrogens with zero attached hydrogens (tertiary/aromatic N) is 2. The number of rotatable bonds is 7. The topological polar surface area (TPSA) is 90.3 Å². The van der Waals surface area contributed by atoms with Gasteiger partial charge in [-0.1, -0.05) is 44.2 Å². The highest BCUT2D eigenvalue weighted by Crippen LogP contribution is 2.26. The standard InChI is InChI=1S/C24H29N3O3S/c1-18(2)16-23(20-6-4-3-5-7-20)26-24(28)21-12-14-27(15-13-21)31(29,30)22-10-8-19(17-25)9-11-22/h3-11,18,21,23H,12-16H2,1-2H3,(H,26,28)/t23-/m0/s1. The Morgan fingerprint density at radius 2 is 1.71 bits per heavy atom. The van der Waals surface area contributed by atoms with E-state index < -0.39 is 10.0 Å². The first-order chi connectivity index (χ1) is 14.8. The Morgan fingerprint density at radius 3 is 2.26 bits per heavy atom. The molecule has 1 fully saturated rings. The first-order valence-electron chi connectivity index (χ1n) is 10.7. The number of hydrogen-bond acceptors (Lipinski definition) is 4. The van der Waals surface area contributed by atoms with Gasteiger partial charge in [-0.25, -0.2) is 8.42 Å². The summed E-state index contributed by atoms with van der Waals surface area (Å²) >= 11 is 0. The highest BCUT2D eigenvalue weighted by atomic mass is 32.2. The predicted molar refractivity (Wildman–Crippen MR) is 119 cm³/mol. The summed E-state index contributed by atoms with van der Waals surface area (Å²) in [4.78, 5) is 13.1. The maximum absolute atomic E-state index is 13.0. The van der Waals surface area contributed by atoms with Crippen LogP contribution in [0.3, 0.4) is 0 Å². The third-order valence-corrected chi connectivity index (χ3v) is 7.58. The zero-order chi connectivity index (χ0) is 22.4. The number of piperidine rings is 1. The molecule has 1 atom stereocenters. The molecule has 1 amide bonds. The quantitative estimate of drug-likeness (QED) is 0.709. The van der Waals surface area contributed by atoms with Crippen LogP contribution in [0.2, 0.25) is 0 Å². The van der Waals surface area contributed by atoms with Gasteiger partial charge in [0.15, 0.2) is 0 Å². The highest BCUT2D eigenvalue weighted by Gasteiger charge is 2.33. The summed E-state index contributed by atoms with van der Waals surface area (Å²) in [5, 5.41) is 12.1. The largest absolute Gasteiger partial charge is 0.349 e. The SMILES string of the molecule is CC(C)C[C@H](NC(=O)C1CCN(S(=O)(=O)c2ccc(C#N)cc2)CC1)c1ccccc1. The lowest BCUT2D eigenvalue weighted by molar-refractivity contribution is -0.127. The molecule has 1 N–H and O–H groups in total. The van der Waals surface area contributed by atoms with E-state index >= 15 is 0 Å². The molecule has 6 nitrogen and oxygen atoms in total. The van der Waals surface area contributed by atoms with Crippen molar-refractivity contribution in [3.8, 4) is 6.07 Å². The van der Waals surface area contributed by atoms with E-state index in [1.165, 1.54) is 28.6 Å². The van der Waals surface area contributed by atoms with Crippen molar-refractivity contribution in [3.05, 3.63) is 65.7 Å². The highest BCUT2D eigenvalue weighted by molar-refractivity contribution is 7.89. The fraction of sp³-hybridized carbons (Fsp3) is 0.417. The fourth-order valence-corrected chi connectivity index (χ4v) is 5.40. The lowest BCUT2D eigenvalue weighted by Gasteiger charge is -2.32. The molecule has 0 bridgehead atoms. The van der Waals surface area contributed by atoms with E-state index in [2.05, 4.69) is 19.2 Å². The average molecular weight is 440 g/mol. The molecule has 3 rings (SSSR count). The molecule has 0 aromatic heterocycles. The monoisotopic (exact) mass is 439 g/mol. The molecule has 7 heteroatoms.